The van der Waals surface area contributed by atoms with Crippen LogP contribution in [0.5, 0.6) is 5.75 Å². The molecule has 0 aromatic heterocycles. The molecule has 1 unspecified atom stereocenters. The maximum Gasteiger partial charge on any atom is 0.339 e. The summed E-state index contributed by atoms with van der Waals surface area (Å²) in [6.45, 7) is 0. The Bertz CT molecular complexity index is 581. The van der Waals surface area contributed by atoms with E-state index in [0.29, 0.717) is 12.1 Å². The van der Waals surface area contributed by atoms with E-state index in [0.717, 1.165) is 0 Å². The summed E-state index contributed by atoms with van der Waals surface area (Å²) in [7, 11) is -3.06. The van der Waals surface area contributed by atoms with Gasteiger partial charge < -0.3 is 15.6 Å². The number of carbonyl (C=O) groups is 1. The molecule has 7 heteroatoms. The first-order chi connectivity index (χ1) is 8.37. The molecule has 1 aliphatic heterocycles. The van der Waals surface area contributed by atoms with Crippen LogP contribution in [-0.4, -0.2) is 37.1 Å². The predicted octanol–water partition coefficient (Wildman–Crippen LogP) is 0.533. The number of rotatable bonds is 3. The monoisotopic (exact) mass is 271 g/mol. The van der Waals surface area contributed by atoms with E-state index in [9.17, 15) is 13.2 Å². The van der Waals surface area contributed by atoms with Crippen LogP contribution in [0.15, 0.2) is 18.2 Å². The molecule has 1 aromatic carbocycles. The topological polar surface area (TPSA) is 107 Å². The molecule has 18 heavy (non-hydrogen) atoms. The quantitative estimate of drug-likeness (QED) is 0.777. The molecule has 0 spiro atoms. The minimum atomic E-state index is -3.06. The van der Waals surface area contributed by atoms with E-state index >= 15 is 0 Å². The lowest BCUT2D eigenvalue weighted by molar-refractivity contribution is 0.0690. The van der Waals surface area contributed by atoms with Crippen molar-refractivity contribution in [1.29, 1.82) is 0 Å². The fourth-order valence-electron chi connectivity index (χ4n) is 1.85. The fraction of sp³-hybridized carbons (Fsp3) is 0.364. The molecule has 1 aliphatic rings. The van der Waals surface area contributed by atoms with Crippen molar-refractivity contribution in [2.75, 3.05) is 17.2 Å². The summed E-state index contributed by atoms with van der Waals surface area (Å²) < 4.78 is 28.0. The van der Waals surface area contributed by atoms with Crippen LogP contribution in [-0.2, 0) is 9.84 Å². The normalized spacial score (nSPS) is 21.7. The molecular formula is C11H13NO5S. The van der Waals surface area contributed by atoms with Crippen LogP contribution in [0, 0.1) is 0 Å². The molecule has 1 atom stereocenters. The molecule has 0 amide bonds. The maximum absolute atomic E-state index is 11.3. The first kappa shape index (κ1) is 12.7. The number of nitrogens with two attached hydrogens (primary N) is 1. The third-order valence-electron chi connectivity index (χ3n) is 2.72. The van der Waals surface area contributed by atoms with E-state index in [1.807, 2.05) is 0 Å². The fourth-order valence-corrected chi connectivity index (χ4v) is 3.44. The van der Waals surface area contributed by atoms with E-state index in [1.54, 1.807) is 0 Å². The molecule has 0 radical (unpaired) electrons. The van der Waals surface area contributed by atoms with Gasteiger partial charge in [0.15, 0.2) is 9.84 Å². The number of carboxylic acid groups (broad SMARTS) is 1. The minimum Gasteiger partial charge on any atom is -0.488 e. The molecule has 1 heterocycles. The van der Waals surface area contributed by atoms with Gasteiger partial charge in [0.2, 0.25) is 0 Å². The Morgan fingerprint density at radius 2 is 2.17 bits per heavy atom. The molecule has 0 saturated carbocycles. The molecular weight excluding hydrogens is 258 g/mol. The van der Waals surface area contributed by atoms with Crippen molar-refractivity contribution in [2.24, 2.45) is 0 Å². The largest absolute Gasteiger partial charge is 0.488 e. The molecule has 0 bridgehead atoms. The van der Waals surface area contributed by atoms with Crippen molar-refractivity contribution in [3.63, 3.8) is 0 Å². The summed E-state index contributed by atoms with van der Waals surface area (Å²) in [5.41, 5.74) is 5.92. The first-order valence-corrected chi connectivity index (χ1v) is 7.19. The van der Waals surface area contributed by atoms with Crippen molar-refractivity contribution in [1.82, 2.24) is 0 Å². The minimum absolute atomic E-state index is 0.0199. The highest BCUT2D eigenvalue weighted by atomic mass is 32.2. The van der Waals surface area contributed by atoms with Crippen molar-refractivity contribution in [2.45, 2.75) is 12.5 Å². The van der Waals surface area contributed by atoms with Crippen molar-refractivity contribution < 1.29 is 23.1 Å². The Kier molecular flexibility index (Phi) is 3.16. The van der Waals surface area contributed by atoms with Crippen LogP contribution in [0.1, 0.15) is 16.8 Å². The average Bonchev–Trinajstić information content (AvgIpc) is 2.57. The molecule has 1 aromatic rings. The highest BCUT2D eigenvalue weighted by Gasteiger charge is 2.30. The molecule has 3 N–H and O–H groups in total. The van der Waals surface area contributed by atoms with Crippen molar-refractivity contribution in [3.05, 3.63) is 23.8 Å². The summed E-state index contributed by atoms with van der Waals surface area (Å²) in [4.78, 5) is 11.0. The SMILES string of the molecule is Nc1ccc(C(=O)O)c(OC2CCS(=O)(=O)C2)c1. The molecule has 98 valence electrons. The summed E-state index contributed by atoms with van der Waals surface area (Å²) in [5, 5.41) is 8.99. The van der Waals surface area contributed by atoms with Gasteiger partial charge in [-0.05, 0) is 18.6 Å². The van der Waals surface area contributed by atoms with Crippen molar-refractivity contribution in [3.8, 4) is 5.75 Å². The Morgan fingerprint density at radius 3 is 2.72 bits per heavy atom. The number of hydrogen-bond donors (Lipinski definition) is 2. The number of benzene rings is 1. The number of nitrogen functional groups attached to an aromatic ring is 1. The lowest BCUT2D eigenvalue weighted by Gasteiger charge is -2.14. The second kappa shape index (κ2) is 4.49. The van der Waals surface area contributed by atoms with Gasteiger partial charge in [0.05, 0.1) is 11.5 Å². The molecule has 0 aliphatic carbocycles. The lowest BCUT2D eigenvalue weighted by Crippen LogP contribution is -2.19. The molecule has 1 fully saturated rings. The predicted molar refractivity (Wildman–Crippen MR) is 65.5 cm³/mol. The molecule has 2 rings (SSSR count). The Morgan fingerprint density at radius 1 is 1.44 bits per heavy atom. The van der Waals surface area contributed by atoms with E-state index in [-0.39, 0.29) is 22.8 Å². The number of sulfone groups is 1. The second-order valence-corrected chi connectivity index (χ2v) is 6.43. The highest BCUT2D eigenvalue weighted by Crippen LogP contribution is 2.26. The average molecular weight is 271 g/mol. The molecule has 1 saturated heterocycles. The van der Waals surface area contributed by atoms with Gasteiger partial charge in [-0.1, -0.05) is 0 Å². The standard InChI is InChI=1S/C11H13NO5S/c12-7-1-2-9(11(13)14)10(5-7)17-8-3-4-18(15,16)6-8/h1-2,5,8H,3-4,6,12H2,(H,13,14). The summed E-state index contributed by atoms with van der Waals surface area (Å²) in [5.74, 6) is -1.03. The Labute approximate surface area is 104 Å². The number of anilines is 1. The summed E-state index contributed by atoms with van der Waals surface area (Å²) in [6, 6.07) is 4.20. The Hall–Kier alpha value is -1.76. The van der Waals surface area contributed by atoms with Gasteiger partial charge in [0.25, 0.3) is 0 Å². The van der Waals surface area contributed by atoms with Gasteiger partial charge in [0.1, 0.15) is 17.4 Å². The van der Waals surface area contributed by atoms with Crippen LogP contribution >= 0.6 is 0 Å². The van der Waals surface area contributed by atoms with Crippen LogP contribution in [0.3, 0.4) is 0 Å². The lowest BCUT2D eigenvalue weighted by atomic mass is 10.2. The number of hydrogen-bond acceptors (Lipinski definition) is 5. The van der Waals surface area contributed by atoms with Crippen LogP contribution in [0.4, 0.5) is 5.69 Å². The first-order valence-electron chi connectivity index (χ1n) is 5.37. The summed E-state index contributed by atoms with van der Waals surface area (Å²) >= 11 is 0. The van der Waals surface area contributed by atoms with Crippen LogP contribution < -0.4 is 10.5 Å². The summed E-state index contributed by atoms with van der Waals surface area (Å²) in [6.07, 6.45) is -0.134. The van der Waals surface area contributed by atoms with Gasteiger partial charge in [-0.2, -0.15) is 0 Å². The van der Waals surface area contributed by atoms with Gasteiger partial charge in [-0.25, -0.2) is 13.2 Å². The maximum atomic E-state index is 11.3. The zero-order valence-corrected chi connectivity index (χ0v) is 10.3. The third-order valence-corrected chi connectivity index (χ3v) is 4.46. The van der Waals surface area contributed by atoms with E-state index in [1.165, 1.54) is 18.2 Å². The number of ether oxygens (including phenoxy) is 1. The number of carboxylic acids is 1. The van der Waals surface area contributed by atoms with Crippen molar-refractivity contribution >= 4 is 21.5 Å². The zero-order valence-electron chi connectivity index (χ0n) is 9.50. The number of aromatic carboxylic acids is 1. The molecule has 6 nitrogen and oxygen atoms in total. The van der Waals surface area contributed by atoms with Gasteiger partial charge in [-0.3, -0.25) is 0 Å². The highest BCUT2D eigenvalue weighted by molar-refractivity contribution is 7.91. The van der Waals surface area contributed by atoms with E-state index < -0.39 is 21.9 Å². The van der Waals surface area contributed by atoms with Crippen LogP contribution in [0.2, 0.25) is 0 Å². The Balaban J connectivity index is 2.23. The third kappa shape index (κ3) is 2.73. The van der Waals surface area contributed by atoms with Gasteiger partial charge in [0, 0.05) is 11.8 Å². The van der Waals surface area contributed by atoms with Gasteiger partial charge in [-0.15, -0.1) is 0 Å². The van der Waals surface area contributed by atoms with Gasteiger partial charge >= 0.3 is 5.97 Å². The van der Waals surface area contributed by atoms with E-state index in [2.05, 4.69) is 0 Å². The second-order valence-electron chi connectivity index (χ2n) is 4.20. The zero-order chi connectivity index (χ0) is 13.3. The smallest absolute Gasteiger partial charge is 0.339 e. The van der Waals surface area contributed by atoms with Crippen LogP contribution in [0.25, 0.3) is 0 Å². The van der Waals surface area contributed by atoms with E-state index in [4.69, 9.17) is 15.6 Å².